The summed E-state index contributed by atoms with van der Waals surface area (Å²) in [6.45, 7) is 6.51. The summed E-state index contributed by atoms with van der Waals surface area (Å²) in [7, 11) is 1.65. The monoisotopic (exact) mass is 305 g/mol. The van der Waals surface area contributed by atoms with Gasteiger partial charge in [0.15, 0.2) is 0 Å². The van der Waals surface area contributed by atoms with Crippen molar-refractivity contribution in [2.24, 2.45) is 11.8 Å². The molecular weight excluding hydrogens is 282 g/mol. The van der Waals surface area contributed by atoms with Crippen molar-refractivity contribution >= 4 is 5.97 Å². The minimum Gasteiger partial charge on any atom is -0.497 e. The predicted octanol–water partition coefficient (Wildman–Crippen LogP) is 2.39. The van der Waals surface area contributed by atoms with E-state index < -0.39 is 5.97 Å². The molecule has 2 aliphatic rings. The van der Waals surface area contributed by atoms with Crippen molar-refractivity contribution in [1.82, 2.24) is 4.90 Å². The molecule has 3 rings (SSSR count). The highest BCUT2D eigenvalue weighted by molar-refractivity contribution is 5.73. The Balaban J connectivity index is 1.77. The molecule has 5 nitrogen and oxygen atoms in total. The molecule has 22 heavy (non-hydrogen) atoms. The van der Waals surface area contributed by atoms with Crippen molar-refractivity contribution in [1.29, 1.82) is 0 Å². The Kier molecular flexibility index (Phi) is 3.77. The van der Waals surface area contributed by atoms with Crippen molar-refractivity contribution in [2.75, 3.05) is 20.2 Å². The van der Waals surface area contributed by atoms with Crippen LogP contribution in [-0.2, 0) is 11.3 Å². The number of carboxylic acid groups (broad SMARTS) is 1. The number of benzene rings is 1. The molecule has 1 saturated carbocycles. The fourth-order valence-corrected chi connectivity index (χ4v) is 3.27. The van der Waals surface area contributed by atoms with Crippen molar-refractivity contribution in [3.8, 4) is 11.5 Å². The van der Waals surface area contributed by atoms with Crippen LogP contribution in [0.2, 0.25) is 0 Å². The molecule has 0 unspecified atom stereocenters. The Hall–Kier alpha value is -1.75. The van der Waals surface area contributed by atoms with Gasteiger partial charge in [0.25, 0.3) is 0 Å². The predicted molar refractivity (Wildman–Crippen MR) is 82.2 cm³/mol. The van der Waals surface area contributed by atoms with Gasteiger partial charge in [-0.3, -0.25) is 9.69 Å². The standard InChI is InChI=1S/C17H23NO4/c1-17(2)10-18(9-12-6-14(12)16(19)20)8-11-4-5-13(21-3)7-15(11)22-17/h4-5,7,12,14H,6,8-10H2,1-3H3,(H,19,20)/t12-,14+/m0/s1. The second-order valence-corrected chi connectivity index (χ2v) is 6.95. The lowest BCUT2D eigenvalue weighted by atomic mass is 10.1. The average molecular weight is 305 g/mol. The van der Waals surface area contributed by atoms with Crippen LogP contribution in [0.15, 0.2) is 18.2 Å². The first-order valence-corrected chi connectivity index (χ1v) is 7.69. The van der Waals surface area contributed by atoms with Gasteiger partial charge in [-0.15, -0.1) is 0 Å². The van der Waals surface area contributed by atoms with E-state index in [0.717, 1.165) is 43.1 Å². The molecule has 1 aromatic carbocycles. The molecule has 0 saturated heterocycles. The third kappa shape index (κ3) is 3.19. The zero-order chi connectivity index (χ0) is 15.9. The number of hydrogen-bond acceptors (Lipinski definition) is 4. The van der Waals surface area contributed by atoms with E-state index in [9.17, 15) is 4.79 Å². The van der Waals surface area contributed by atoms with Crippen LogP contribution in [0.4, 0.5) is 0 Å². The van der Waals surface area contributed by atoms with Crippen LogP contribution in [0.3, 0.4) is 0 Å². The maximum absolute atomic E-state index is 11.0. The third-order valence-corrected chi connectivity index (χ3v) is 4.39. The third-order valence-electron chi connectivity index (χ3n) is 4.39. The van der Waals surface area contributed by atoms with Crippen LogP contribution in [0.25, 0.3) is 0 Å². The molecule has 0 radical (unpaired) electrons. The number of carboxylic acids is 1. The average Bonchev–Trinajstić information content (AvgIpc) is 3.19. The molecule has 0 spiro atoms. The molecule has 1 aliphatic heterocycles. The highest BCUT2D eigenvalue weighted by Gasteiger charge is 2.44. The van der Waals surface area contributed by atoms with Gasteiger partial charge in [-0.25, -0.2) is 0 Å². The maximum Gasteiger partial charge on any atom is 0.306 e. The first-order chi connectivity index (χ1) is 10.4. The van der Waals surface area contributed by atoms with Crippen LogP contribution in [0.1, 0.15) is 25.8 Å². The number of rotatable bonds is 4. The van der Waals surface area contributed by atoms with E-state index in [-0.39, 0.29) is 17.4 Å². The Morgan fingerprint density at radius 1 is 1.50 bits per heavy atom. The molecule has 0 amide bonds. The van der Waals surface area contributed by atoms with Crippen molar-refractivity contribution < 1.29 is 19.4 Å². The van der Waals surface area contributed by atoms with Gasteiger partial charge in [0, 0.05) is 31.3 Å². The van der Waals surface area contributed by atoms with Gasteiger partial charge in [-0.1, -0.05) is 6.07 Å². The molecule has 0 aromatic heterocycles. The number of aliphatic carboxylic acids is 1. The number of methoxy groups -OCH3 is 1. The summed E-state index contributed by atoms with van der Waals surface area (Å²) in [5.41, 5.74) is 0.810. The summed E-state index contributed by atoms with van der Waals surface area (Å²) in [4.78, 5) is 13.3. The molecule has 0 bridgehead atoms. The van der Waals surface area contributed by atoms with E-state index in [1.165, 1.54) is 0 Å². The minimum absolute atomic E-state index is 0.164. The summed E-state index contributed by atoms with van der Waals surface area (Å²) < 4.78 is 11.4. The largest absolute Gasteiger partial charge is 0.497 e. The Morgan fingerprint density at radius 3 is 2.91 bits per heavy atom. The zero-order valence-corrected chi connectivity index (χ0v) is 13.3. The molecular formula is C17H23NO4. The first kappa shape index (κ1) is 15.2. The minimum atomic E-state index is -0.666. The molecule has 1 aliphatic carbocycles. The second-order valence-electron chi connectivity index (χ2n) is 6.95. The smallest absolute Gasteiger partial charge is 0.306 e. The summed E-state index contributed by atoms with van der Waals surface area (Å²) >= 11 is 0. The molecule has 1 N–H and O–H groups in total. The normalized spacial score (nSPS) is 26.5. The van der Waals surface area contributed by atoms with Gasteiger partial charge < -0.3 is 14.6 Å². The van der Waals surface area contributed by atoms with E-state index in [2.05, 4.69) is 18.7 Å². The van der Waals surface area contributed by atoms with Gasteiger partial charge in [0.05, 0.1) is 13.0 Å². The van der Waals surface area contributed by atoms with E-state index in [4.69, 9.17) is 14.6 Å². The van der Waals surface area contributed by atoms with Crippen molar-refractivity contribution in [2.45, 2.75) is 32.4 Å². The topological polar surface area (TPSA) is 59.0 Å². The summed E-state index contributed by atoms with van der Waals surface area (Å²) in [6.07, 6.45) is 0.794. The fourth-order valence-electron chi connectivity index (χ4n) is 3.27. The number of fused-ring (bicyclic) bond motifs is 1. The number of carbonyl (C=O) groups is 1. The van der Waals surface area contributed by atoms with Gasteiger partial charge in [0.1, 0.15) is 17.1 Å². The van der Waals surface area contributed by atoms with Crippen LogP contribution < -0.4 is 9.47 Å². The number of ether oxygens (including phenoxy) is 2. The van der Waals surface area contributed by atoms with Gasteiger partial charge in [0.2, 0.25) is 0 Å². The maximum atomic E-state index is 11.0. The molecule has 120 valence electrons. The van der Waals surface area contributed by atoms with E-state index in [1.807, 2.05) is 18.2 Å². The summed E-state index contributed by atoms with van der Waals surface area (Å²) in [5.74, 6) is 1.09. The number of nitrogens with zero attached hydrogens (tertiary/aromatic N) is 1. The van der Waals surface area contributed by atoms with Crippen LogP contribution >= 0.6 is 0 Å². The molecule has 1 fully saturated rings. The van der Waals surface area contributed by atoms with Crippen molar-refractivity contribution in [3.63, 3.8) is 0 Å². The molecule has 5 heteroatoms. The van der Waals surface area contributed by atoms with Crippen LogP contribution in [0, 0.1) is 11.8 Å². The lowest BCUT2D eigenvalue weighted by Crippen LogP contribution is -2.41. The SMILES string of the molecule is COc1ccc2c(c1)OC(C)(C)CN(C[C@@H]1C[C@H]1C(=O)O)C2. The van der Waals surface area contributed by atoms with E-state index in [1.54, 1.807) is 7.11 Å². The Bertz CT molecular complexity index is 584. The molecule has 2 atom stereocenters. The lowest BCUT2D eigenvalue weighted by molar-refractivity contribution is -0.138. The molecule has 1 aromatic rings. The van der Waals surface area contributed by atoms with E-state index >= 15 is 0 Å². The quantitative estimate of drug-likeness (QED) is 0.925. The number of hydrogen-bond donors (Lipinski definition) is 1. The highest BCUT2D eigenvalue weighted by Crippen LogP contribution is 2.41. The zero-order valence-electron chi connectivity index (χ0n) is 13.3. The summed E-state index contributed by atoms with van der Waals surface area (Å²) in [6, 6.07) is 5.90. The Labute approximate surface area is 130 Å². The van der Waals surface area contributed by atoms with Crippen LogP contribution in [-0.4, -0.2) is 41.8 Å². The van der Waals surface area contributed by atoms with Gasteiger partial charge in [-0.05, 0) is 32.3 Å². The van der Waals surface area contributed by atoms with Gasteiger partial charge in [-0.2, -0.15) is 0 Å². The molecule has 1 heterocycles. The first-order valence-electron chi connectivity index (χ1n) is 7.69. The van der Waals surface area contributed by atoms with Gasteiger partial charge >= 0.3 is 5.97 Å². The second kappa shape index (κ2) is 5.47. The lowest BCUT2D eigenvalue weighted by Gasteiger charge is -2.29. The van der Waals surface area contributed by atoms with Crippen LogP contribution in [0.5, 0.6) is 11.5 Å². The highest BCUT2D eigenvalue weighted by atomic mass is 16.5. The van der Waals surface area contributed by atoms with E-state index in [0.29, 0.717) is 0 Å². The summed E-state index contributed by atoms with van der Waals surface area (Å²) in [5, 5.41) is 9.07. The van der Waals surface area contributed by atoms with Crippen molar-refractivity contribution in [3.05, 3.63) is 23.8 Å². The fraction of sp³-hybridized carbons (Fsp3) is 0.588. The Morgan fingerprint density at radius 2 is 2.27 bits per heavy atom.